The number of H-pyrrole nitrogens is 1. The smallest absolute Gasteiger partial charge is 0.344 e. The van der Waals surface area contributed by atoms with Crippen molar-refractivity contribution in [2.75, 3.05) is 6.61 Å². The summed E-state index contributed by atoms with van der Waals surface area (Å²) < 4.78 is 5.25. The second kappa shape index (κ2) is 4.30. The molecular formula is C9H12N2O5. The van der Waals surface area contributed by atoms with E-state index < -0.39 is 30.1 Å². The standard InChI is InChI=1S/C9H12N2O5/c12-3-5-6(13)7(14)8(16-5)4-1-10-9(15)11-2-4/h1-2,5-8,12-14H,3H2,(H,10,11,15)/t5-,6?,7+,8+/m1/s1. The van der Waals surface area contributed by atoms with E-state index in [0.717, 1.165) is 0 Å². The molecule has 4 atom stereocenters. The summed E-state index contributed by atoms with van der Waals surface area (Å²) >= 11 is 0. The van der Waals surface area contributed by atoms with Crippen LogP contribution in [0.2, 0.25) is 0 Å². The van der Waals surface area contributed by atoms with E-state index in [1.165, 1.54) is 12.4 Å². The van der Waals surface area contributed by atoms with Crippen LogP contribution in [-0.2, 0) is 4.74 Å². The molecule has 0 radical (unpaired) electrons. The lowest BCUT2D eigenvalue weighted by Gasteiger charge is -2.13. The van der Waals surface area contributed by atoms with Crippen LogP contribution in [0.15, 0.2) is 17.2 Å². The second-order valence-corrected chi connectivity index (χ2v) is 3.61. The molecule has 88 valence electrons. The fourth-order valence-electron chi connectivity index (χ4n) is 1.68. The van der Waals surface area contributed by atoms with Gasteiger partial charge in [0.05, 0.1) is 6.61 Å². The Bertz CT molecular complexity index is 400. The van der Waals surface area contributed by atoms with E-state index in [1.54, 1.807) is 0 Å². The van der Waals surface area contributed by atoms with Crippen LogP contribution in [0.3, 0.4) is 0 Å². The minimum Gasteiger partial charge on any atom is -0.394 e. The average Bonchev–Trinajstić information content (AvgIpc) is 2.57. The van der Waals surface area contributed by atoms with Crippen LogP contribution < -0.4 is 5.69 Å². The predicted molar refractivity (Wildman–Crippen MR) is 51.6 cm³/mol. The van der Waals surface area contributed by atoms with E-state index in [4.69, 9.17) is 9.84 Å². The van der Waals surface area contributed by atoms with Crippen molar-refractivity contribution in [2.24, 2.45) is 0 Å². The molecule has 0 spiro atoms. The van der Waals surface area contributed by atoms with Crippen molar-refractivity contribution in [3.8, 4) is 0 Å². The van der Waals surface area contributed by atoms with Gasteiger partial charge in [-0.05, 0) is 0 Å². The number of aromatic nitrogens is 2. The van der Waals surface area contributed by atoms with E-state index in [9.17, 15) is 15.0 Å². The molecule has 0 aliphatic carbocycles. The lowest BCUT2D eigenvalue weighted by molar-refractivity contribution is -0.0229. The van der Waals surface area contributed by atoms with Gasteiger partial charge in [-0.25, -0.2) is 9.78 Å². The van der Waals surface area contributed by atoms with Crippen LogP contribution in [0.5, 0.6) is 0 Å². The number of aromatic amines is 1. The third kappa shape index (κ3) is 1.85. The van der Waals surface area contributed by atoms with Crippen LogP contribution in [0.1, 0.15) is 11.7 Å². The molecule has 2 heterocycles. The topological polar surface area (TPSA) is 116 Å². The maximum atomic E-state index is 10.7. The van der Waals surface area contributed by atoms with E-state index >= 15 is 0 Å². The van der Waals surface area contributed by atoms with Crippen molar-refractivity contribution in [3.05, 3.63) is 28.4 Å². The van der Waals surface area contributed by atoms with Crippen LogP contribution in [0.25, 0.3) is 0 Å². The summed E-state index contributed by atoms with van der Waals surface area (Å²) in [5.41, 5.74) is -0.0578. The van der Waals surface area contributed by atoms with Gasteiger partial charge in [0.15, 0.2) is 0 Å². The summed E-state index contributed by atoms with van der Waals surface area (Å²) in [5, 5.41) is 28.1. The summed E-state index contributed by atoms with van der Waals surface area (Å²) in [7, 11) is 0. The maximum absolute atomic E-state index is 10.7. The Balaban J connectivity index is 2.22. The number of hydrogen-bond donors (Lipinski definition) is 4. The quantitative estimate of drug-likeness (QED) is 0.462. The molecule has 1 aromatic heterocycles. The molecule has 7 heteroatoms. The van der Waals surface area contributed by atoms with Gasteiger partial charge in [0.25, 0.3) is 0 Å². The van der Waals surface area contributed by atoms with Gasteiger partial charge in [0.1, 0.15) is 24.4 Å². The molecule has 2 rings (SSSR count). The van der Waals surface area contributed by atoms with E-state index in [2.05, 4.69) is 9.97 Å². The maximum Gasteiger partial charge on any atom is 0.344 e. The third-order valence-corrected chi connectivity index (χ3v) is 2.56. The average molecular weight is 228 g/mol. The van der Waals surface area contributed by atoms with Gasteiger partial charge in [0, 0.05) is 18.0 Å². The van der Waals surface area contributed by atoms with Crippen LogP contribution in [0, 0.1) is 0 Å². The molecule has 0 saturated carbocycles. The lowest BCUT2D eigenvalue weighted by atomic mass is 10.0. The van der Waals surface area contributed by atoms with Gasteiger partial charge in [0.2, 0.25) is 0 Å². The number of ether oxygens (including phenoxy) is 1. The number of aliphatic hydroxyl groups is 3. The van der Waals surface area contributed by atoms with Crippen molar-refractivity contribution >= 4 is 0 Å². The highest BCUT2D eigenvalue weighted by Gasteiger charge is 2.43. The lowest BCUT2D eigenvalue weighted by Crippen LogP contribution is -2.32. The molecule has 1 aliphatic heterocycles. The van der Waals surface area contributed by atoms with Gasteiger partial charge in [-0.2, -0.15) is 0 Å². The molecule has 0 amide bonds. The Morgan fingerprint density at radius 1 is 1.44 bits per heavy atom. The number of hydrogen-bond acceptors (Lipinski definition) is 6. The van der Waals surface area contributed by atoms with Crippen molar-refractivity contribution < 1.29 is 20.1 Å². The first-order valence-corrected chi connectivity index (χ1v) is 4.80. The Morgan fingerprint density at radius 3 is 2.69 bits per heavy atom. The molecule has 1 unspecified atom stereocenters. The zero-order valence-electron chi connectivity index (χ0n) is 8.28. The van der Waals surface area contributed by atoms with Gasteiger partial charge in [-0.15, -0.1) is 0 Å². The fraction of sp³-hybridized carbons (Fsp3) is 0.556. The molecule has 1 fully saturated rings. The Labute approximate surface area is 90.3 Å². The Hall–Kier alpha value is -1.28. The summed E-state index contributed by atoms with van der Waals surface area (Å²) in [4.78, 5) is 16.6. The van der Waals surface area contributed by atoms with Gasteiger partial charge in [-0.3, -0.25) is 0 Å². The molecule has 4 N–H and O–H groups in total. The predicted octanol–water partition coefficient (Wildman–Crippen LogP) is -2.08. The minimum atomic E-state index is -1.15. The second-order valence-electron chi connectivity index (χ2n) is 3.61. The number of rotatable bonds is 2. The van der Waals surface area contributed by atoms with Crippen LogP contribution in [-0.4, -0.2) is 50.2 Å². The highest BCUT2D eigenvalue weighted by Crippen LogP contribution is 2.32. The van der Waals surface area contributed by atoms with Crippen LogP contribution >= 0.6 is 0 Å². The Kier molecular flexibility index (Phi) is 3.01. The molecule has 16 heavy (non-hydrogen) atoms. The summed E-state index contributed by atoms with van der Waals surface area (Å²) in [6.45, 7) is -0.383. The Morgan fingerprint density at radius 2 is 2.19 bits per heavy atom. The number of aliphatic hydroxyl groups excluding tert-OH is 3. The third-order valence-electron chi connectivity index (χ3n) is 2.56. The van der Waals surface area contributed by atoms with Crippen molar-refractivity contribution in [1.29, 1.82) is 0 Å². The van der Waals surface area contributed by atoms with E-state index in [-0.39, 0.29) is 6.61 Å². The first-order chi connectivity index (χ1) is 7.63. The molecule has 1 saturated heterocycles. The zero-order valence-corrected chi connectivity index (χ0v) is 8.28. The first-order valence-electron chi connectivity index (χ1n) is 4.80. The number of nitrogens with one attached hydrogen (secondary N) is 1. The van der Waals surface area contributed by atoms with Crippen molar-refractivity contribution in [3.63, 3.8) is 0 Å². The molecule has 7 nitrogen and oxygen atoms in total. The van der Waals surface area contributed by atoms with E-state index in [1.807, 2.05) is 0 Å². The van der Waals surface area contributed by atoms with Crippen molar-refractivity contribution in [1.82, 2.24) is 9.97 Å². The molecule has 0 aromatic carbocycles. The molecule has 1 aromatic rings. The largest absolute Gasteiger partial charge is 0.394 e. The van der Waals surface area contributed by atoms with Gasteiger partial charge in [-0.1, -0.05) is 0 Å². The van der Waals surface area contributed by atoms with Crippen molar-refractivity contribution in [2.45, 2.75) is 24.4 Å². The summed E-state index contributed by atoms with van der Waals surface area (Å²) in [6, 6.07) is 0. The molecule has 1 aliphatic rings. The van der Waals surface area contributed by atoms with Gasteiger partial charge >= 0.3 is 5.69 Å². The highest BCUT2D eigenvalue weighted by molar-refractivity contribution is 5.12. The first kappa shape index (κ1) is 11.2. The van der Waals surface area contributed by atoms with Gasteiger partial charge < -0.3 is 25.0 Å². The highest BCUT2D eigenvalue weighted by atomic mass is 16.6. The summed E-state index contributed by atoms with van der Waals surface area (Å²) in [5.74, 6) is 0. The van der Waals surface area contributed by atoms with Crippen LogP contribution in [0.4, 0.5) is 0 Å². The zero-order chi connectivity index (χ0) is 11.7. The molecular weight excluding hydrogens is 216 g/mol. The molecule has 0 bridgehead atoms. The minimum absolute atomic E-state index is 0.383. The normalized spacial score (nSPS) is 34.2. The summed E-state index contributed by atoms with van der Waals surface area (Å²) in [6.07, 6.45) is -1.30. The van der Waals surface area contributed by atoms with E-state index in [0.29, 0.717) is 5.56 Å². The SMILES string of the molecule is O=c1ncc([C@@H]2O[C@H](CO)C(O)[C@@H]2O)c[nH]1. The monoisotopic (exact) mass is 228 g/mol. The fourth-order valence-corrected chi connectivity index (χ4v) is 1.68. The number of nitrogens with zero attached hydrogens (tertiary/aromatic N) is 1.